The van der Waals surface area contributed by atoms with Gasteiger partial charge in [-0.1, -0.05) is 13.3 Å². The van der Waals surface area contributed by atoms with Crippen LogP contribution in [0.5, 0.6) is 0 Å². The molecule has 1 aliphatic rings. The highest BCUT2D eigenvalue weighted by Gasteiger charge is 2.33. The van der Waals surface area contributed by atoms with Crippen LogP contribution in [0.1, 0.15) is 37.5 Å². The maximum atomic E-state index is 12.7. The van der Waals surface area contributed by atoms with E-state index in [-0.39, 0.29) is 6.04 Å². The van der Waals surface area contributed by atoms with Crippen LogP contribution in [0.15, 0.2) is 16.3 Å². The van der Waals surface area contributed by atoms with Crippen molar-refractivity contribution in [2.24, 2.45) is 5.73 Å². The third-order valence-corrected chi connectivity index (χ3v) is 7.20. The van der Waals surface area contributed by atoms with Gasteiger partial charge < -0.3 is 5.73 Å². The molecule has 4 nitrogen and oxygen atoms in total. The monoisotopic (exact) mass is 302 g/mol. The lowest BCUT2D eigenvalue weighted by Crippen LogP contribution is -2.42. The topological polar surface area (TPSA) is 63.4 Å². The van der Waals surface area contributed by atoms with Crippen LogP contribution in [-0.4, -0.2) is 31.9 Å². The van der Waals surface area contributed by atoms with Crippen molar-refractivity contribution in [1.82, 2.24) is 4.31 Å². The summed E-state index contributed by atoms with van der Waals surface area (Å²) in [5.74, 6) is 0. The van der Waals surface area contributed by atoms with Crippen LogP contribution in [-0.2, 0) is 16.4 Å². The van der Waals surface area contributed by atoms with Crippen molar-refractivity contribution in [2.45, 2.75) is 49.3 Å². The Morgan fingerprint density at radius 2 is 2.21 bits per heavy atom. The van der Waals surface area contributed by atoms with Gasteiger partial charge in [0.1, 0.15) is 4.21 Å². The molecule has 2 heterocycles. The first-order chi connectivity index (χ1) is 9.09. The molecule has 1 saturated heterocycles. The molecule has 1 aromatic rings. The second kappa shape index (κ2) is 6.35. The molecule has 2 N–H and O–H groups in total. The molecule has 0 bridgehead atoms. The zero-order chi connectivity index (χ0) is 13.9. The van der Waals surface area contributed by atoms with E-state index < -0.39 is 10.0 Å². The van der Waals surface area contributed by atoms with Crippen molar-refractivity contribution in [1.29, 1.82) is 0 Å². The van der Waals surface area contributed by atoms with Gasteiger partial charge in [-0.15, -0.1) is 11.3 Å². The lowest BCUT2D eigenvalue weighted by Gasteiger charge is -2.33. The molecule has 0 aromatic carbocycles. The third-order valence-electron chi connectivity index (χ3n) is 3.64. The quantitative estimate of drug-likeness (QED) is 0.907. The fourth-order valence-corrected chi connectivity index (χ4v) is 5.86. The maximum Gasteiger partial charge on any atom is 0.252 e. The van der Waals surface area contributed by atoms with Gasteiger partial charge in [0.05, 0.1) is 0 Å². The van der Waals surface area contributed by atoms with Crippen molar-refractivity contribution in [3.8, 4) is 0 Å². The molecule has 1 fully saturated rings. The maximum absolute atomic E-state index is 12.7. The molecular formula is C13H22N2O2S2. The fraction of sp³-hybridized carbons (Fsp3) is 0.692. The van der Waals surface area contributed by atoms with Gasteiger partial charge in [-0.25, -0.2) is 8.42 Å². The van der Waals surface area contributed by atoms with Crippen molar-refractivity contribution in [3.63, 3.8) is 0 Å². The van der Waals surface area contributed by atoms with Crippen LogP contribution in [0.3, 0.4) is 0 Å². The van der Waals surface area contributed by atoms with E-state index in [0.717, 1.165) is 37.0 Å². The summed E-state index contributed by atoms with van der Waals surface area (Å²) >= 11 is 1.36. The summed E-state index contributed by atoms with van der Waals surface area (Å²) in [6.07, 6.45) is 4.72. The Morgan fingerprint density at radius 1 is 1.42 bits per heavy atom. The molecule has 1 aliphatic heterocycles. The number of piperidine rings is 1. The summed E-state index contributed by atoms with van der Waals surface area (Å²) in [7, 11) is -3.31. The van der Waals surface area contributed by atoms with Crippen molar-refractivity contribution >= 4 is 21.4 Å². The molecule has 0 radical (unpaired) electrons. The second-order valence-electron chi connectivity index (χ2n) is 4.93. The second-order valence-corrected chi connectivity index (χ2v) is 8.22. The van der Waals surface area contributed by atoms with Gasteiger partial charge in [0.25, 0.3) is 10.0 Å². The van der Waals surface area contributed by atoms with E-state index in [1.54, 1.807) is 10.4 Å². The predicted octanol–water partition coefficient (Wildman–Crippen LogP) is 2.20. The van der Waals surface area contributed by atoms with Crippen molar-refractivity contribution in [3.05, 3.63) is 17.0 Å². The molecule has 1 aromatic heterocycles. The van der Waals surface area contributed by atoms with Crippen molar-refractivity contribution < 1.29 is 8.42 Å². The van der Waals surface area contributed by atoms with E-state index >= 15 is 0 Å². The molecule has 0 amide bonds. The Kier molecular flexibility index (Phi) is 5.00. The van der Waals surface area contributed by atoms with Crippen LogP contribution >= 0.6 is 11.3 Å². The van der Waals surface area contributed by atoms with Gasteiger partial charge in [0.2, 0.25) is 0 Å². The SMILES string of the molecule is CCC1CCCCN1S(=O)(=O)c1ccc(CCN)s1. The highest BCUT2D eigenvalue weighted by atomic mass is 32.2. The summed E-state index contributed by atoms with van der Waals surface area (Å²) in [6, 6.07) is 3.78. The number of hydrogen-bond acceptors (Lipinski definition) is 4. The van der Waals surface area contributed by atoms with Gasteiger partial charge in [-0.05, 0) is 44.4 Å². The van der Waals surface area contributed by atoms with Gasteiger partial charge >= 0.3 is 0 Å². The Hall–Kier alpha value is -0.430. The smallest absolute Gasteiger partial charge is 0.252 e. The van der Waals surface area contributed by atoms with E-state index in [9.17, 15) is 8.42 Å². The van der Waals surface area contributed by atoms with Crippen LogP contribution < -0.4 is 5.73 Å². The van der Waals surface area contributed by atoms with Gasteiger partial charge in [-0.2, -0.15) is 4.31 Å². The zero-order valence-electron chi connectivity index (χ0n) is 11.3. The first kappa shape index (κ1) is 15.0. The molecular weight excluding hydrogens is 280 g/mol. The lowest BCUT2D eigenvalue weighted by molar-refractivity contribution is 0.247. The summed E-state index contributed by atoms with van der Waals surface area (Å²) in [6.45, 7) is 3.28. The molecule has 1 atom stereocenters. The Morgan fingerprint density at radius 3 is 2.89 bits per heavy atom. The van der Waals surface area contributed by atoms with Gasteiger partial charge in [0, 0.05) is 17.5 Å². The van der Waals surface area contributed by atoms with Crippen LogP contribution in [0.2, 0.25) is 0 Å². The van der Waals surface area contributed by atoms with E-state index in [0.29, 0.717) is 17.3 Å². The first-order valence-electron chi connectivity index (χ1n) is 6.90. The molecule has 1 unspecified atom stereocenters. The molecule has 108 valence electrons. The standard InChI is InChI=1S/C13H22N2O2S2/c1-2-11-5-3-4-10-15(11)19(16,17)13-7-6-12(18-13)8-9-14/h6-7,11H,2-5,8-10,14H2,1H3. The fourth-order valence-electron chi connectivity index (χ4n) is 2.59. The number of hydrogen-bond donors (Lipinski definition) is 1. The summed E-state index contributed by atoms with van der Waals surface area (Å²) in [5, 5.41) is 0. The largest absolute Gasteiger partial charge is 0.330 e. The highest BCUT2D eigenvalue weighted by Crippen LogP contribution is 2.30. The number of nitrogens with zero attached hydrogens (tertiary/aromatic N) is 1. The van der Waals surface area contributed by atoms with Crippen LogP contribution in [0.25, 0.3) is 0 Å². The average molecular weight is 302 g/mol. The lowest BCUT2D eigenvalue weighted by atomic mass is 10.0. The van der Waals surface area contributed by atoms with Gasteiger partial charge in [-0.3, -0.25) is 0 Å². The summed E-state index contributed by atoms with van der Waals surface area (Å²) in [5.41, 5.74) is 5.51. The van der Waals surface area contributed by atoms with E-state index in [1.807, 2.05) is 6.07 Å². The summed E-state index contributed by atoms with van der Waals surface area (Å²) in [4.78, 5) is 1.05. The normalized spacial score (nSPS) is 21.7. The van der Waals surface area contributed by atoms with E-state index in [4.69, 9.17) is 5.73 Å². The molecule has 0 aliphatic carbocycles. The minimum atomic E-state index is -3.31. The Labute approximate surface area is 119 Å². The third kappa shape index (κ3) is 3.18. The van der Waals surface area contributed by atoms with Crippen molar-refractivity contribution in [2.75, 3.05) is 13.1 Å². The predicted molar refractivity (Wildman–Crippen MR) is 78.9 cm³/mol. The minimum absolute atomic E-state index is 0.166. The highest BCUT2D eigenvalue weighted by molar-refractivity contribution is 7.91. The Bertz CT molecular complexity index is 510. The van der Waals surface area contributed by atoms with Crippen LogP contribution in [0.4, 0.5) is 0 Å². The number of thiophene rings is 1. The van der Waals surface area contributed by atoms with Crippen LogP contribution in [0, 0.1) is 0 Å². The number of nitrogens with two attached hydrogens (primary N) is 1. The zero-order valence-corrected chi connectivity index (χ0v) is 13.0. The molecule has 0 saturated carbocycles. The van der Waals surface area contributed by atoms with E-state index in [1.165, 1.54) is 11.3 Å². The minimum Gasteiger partial charge on any atom is -0.330 e. The van der Waals surface area contributed by atoms with Gasteiger partial charge in [0.15, 0.2) is 0 Å². The summed E-state index contributed by atoms with van der Waals surface area (Å²) < 4.78 is 27.5. The molecule has 0 spiro atoms. The average Bonchev–Trinajstić information content (AvgIpc) is 2.88. The molecule has 6 heteroatoms. The van der Waals surface area contributed by atoms with E-state index in [2.05, 4.69) is 6.92 Å². The first-order valence-corrected chi connectivity index (χ1v) is 9.16. The number of rotatable bonds is 5. The molecule has 2 rings (SSSR count). The Balaban J connectivity index is 2.24. The number of sulfonamides is 1. The molecule has 19 heavy (non-hydrogen) atoms.